The highest BCUT2D eigenvalue weighted by Gasteiger charge is 2.50. The maximum Gasteiger partial charge on any atom is 0.223 e. The number of aromatic amines is 1. The number of H-pyrrole nitrogens is 1. The number of benzene rings is 3. The molecule has 1 fully saturated rings. The van der Waals surface area contributed by atoms with Crippen molar-refractivity contribution in [2.24, 2.45) is 11.8 Å². The van der Waals surface area contributed by atoms with E-state index in [1.54, 1.807) is 13.8 Å². The van der Waals surface area contributed by atoms with Gasteiger partial charge in [0.25, 0.3) is 0 Å². The number of rotatable bonds is 14. The maximum absolute atomic E-state index is 14.1. The van der Waals surface area contributed by atoms with Crippen LogP contribution in [0.4, 0.5) is 0 Å². The summed E-state index contributed by atoms with van der Waals surface area (Å²) in [6.45, 7) is 5.79. The van der Waals surface area contributed by atoms with Crippen molar-refractivity contribution in [3.63, 3.8) is 0 Å². The van der Waals surface area contributed by atoms with E-state index < -0.39 is 23.5 Å². The first kappa shape index (κ1) is 31.4. The molecule has 2 N–H and O–H groups in total. The molecule has 1 aromatic heterocycles. The number of aromatic nitrogens is 1. The topological polar surface area (TPSA) is 109 Å². The molecule has 0 saturated carbocycles. The monoisotopic (exact) mass is 616 g/mol. The predicted molar refractivity (Wildman–Crippen MR) is 178 cm³/mol. The van der Waals surface area contributed by atoms with Gasteiger partial charge in [-0.05, 0) is 54.2 Å². The normalized spacial score (nSPS) is 18.9. The summed E-state index contributed by atoms with van der Waals surface area (Å²) in [6.07, 6.45) is 3.11. The molecular weight excluding hydrogens is 576 g/mol. The van der Waals surface area contributed by atoms with Gasteiger partial charge in [-0.3, -0.25) is 19.2 Å². The first-order valence-electron chi connectivity index (χ1n) is 16.0. The van der Waals surface area contributed by atoms with Crippen LogP contribution in [0.3, 0.4) is 0 Å². The number of para-hydroxylation sites is 1. The number of ketones is 3. The number of ether oxygens (including phenoxy) is 1. The molecule has 0 bridgehead atoms. The van der Waals surface area contributed by atoms with Crippen molar-refractivity contribution >= 4 is 39.7 Å². The third-order valence-corrected chi connectivity index (χ3v) is 9.56. The Balaban J connectivity index is 1.21. The molecule has 4 atom stereocenters. The lowest BCUT2D eigenvalue weighted by atomic mass is 9.83. The molecule has 1 amide bonds. The molecule has 6 rings (SSSR count). The Morgan fingerprint density at radius 1 is 0.913 bits per heavy atom. The van der Waals surface area contributed by atoms with Gasteiger partial charge in [0, 0.05) is 60.2 Å². The van der Waals surface area contributed by atoms with Crippen molar-refractivity contribution in [3.8, 4) is 0 Å². The summed E-state index contributed by atoms with van der Waals surface area (Å²) in [6, 6.07) is 24.6. The van der Waals surface area contributed by atoms with E-state index in [4.69, 9.17) is 4.74 Å². The minimum absolute atomic E-state index is 0.0301. The first-order chi connectivity index (χ1) is 22.1. The smallest absolute Gasteiger partial charge is 0.223 e. The third kappa shape index (κ3) is 6.65. The van der Waals surface area contributed by atoms with Gasteiger partial charge in [-0.1, -0.05) is 79.7 Å². The molecule has 1 aliphatic carbocycles. The summed E-state index contributed by atoms with van der Waals surface area (Å²) in [5.74, 6) is -1.97. The molecule has 2 aliphatic rings. The summed E-state index contributed by atoms with van der Waals surface area (Å²) in [5.41, 5.74) is 5.82. The summed E-state index contributed by atoms with van der Waals surface area (Å²) < 4.78 is 5.48. The van der Waals surface area contributed by atoms with Crippen molar-refractivity contribution < 1.29 is 23.9 Å². The van der Waals surface area contributed by atoms with Gasteiger partial charge in [-0.25, -0.2) is 0 Å². The van der Waals surface area contributed by atoms with Crippen molar-refractivity contribution in [1.29, 1.82) is 0 Å². The zero-order chi connectivity index (χ0) is 32.4. The number of Topliss-reactive ketones (excluding diaryl/α,β-unsaturated/α-hetero) is 3. The van der Waals surface area contributed by atoms with Crippen LogP contribution in [0.15, 0.2) is 90.6 Å². The Labute approximate surface area is 269 Å². The van der Waals surface area contributed by atoms with Crippen LogP contribution in [0.1, 0.15) is 55.9 Å². The van der Waals surface area contributed by atoms with Gasteiger partial charge in [-0.2, -0.15) is 0 Å². The number of fused-ring (bicyclic) bond motifs is 2. The van der Waals surface area contributed by atoms with Crippen LogP contribution in [-0.2, 0) is 43.2 Å². The Kier molecular flexibility index (Phi) is 8.87. The molecule has 1 aliphatic heterocycles. The van der Waals surface area contributed by atoms with E-state index in [1.807, 2.05) is 92.0 Å². The summed E-state index contributed by atoms with van der Waals surface area (Å²) >= 11 is 0. The van der Waals surface area contributed by atoms with Crippen LogP contribution < -0.4 is 5.32 Å². The van der Waals surface area contributed by atoms with Gasteiger partial charge in [0.1, 0.15) is 5.60 Å². The Bertz CT molecular complexity index is 1830. The number of hydrogen-bond donors (Lipinski definition) is 2. The van der Waals surface area contributed by atoms with Crippen molar-refractivity contribution in [1.82, 2.24) is 10.3 Å². The van der Waals surface area contributed by atoms with Gasteiger partial charge in [0.2, 0.25) is 5.91 Å². The van der Waals surface area contributed by atoms with Gasteiger partial charge >= 0.3 is 0 Å². The Morgan fingerprint density at radius 3 is 2.35 bits per heavy atom. The summed E-state index contributed by atoms with van der Waals surface area (Å²) in [4.78, 5) is 58.0. The number of nitrogens with one attached hydrogen (secondary N) is 2. The second-order valence-corrected chi connectivity index (χ2v) is 13.0. The zero-order valence-electron chi connectivity index (χ0n) is 26.6. The average molecular weight is 617 g/mol. The number of allylic oxidation sites excluding steroid dienone is 2. The molecule has 7 nitrogen and oxygen atoms in total. The van der Waals surface area contributed by atoms with E-state index in [9.17, 15) is 19.2 Å². The van der Waals surface area contributed by atoms with E-state index in [1.165, 1.54) is 0 Å². The second-order valence-electron chi connectivity index (χ2n) is 13.0. The van der Waals surface area contributed by atoms with Crippen LogP contribution in [0, 0.1) is 11.8 Å². The van der Waals surface area contributed by atoms with Crippen molar-refractivity contribution in [3.05, 3.63) is 113 Å². The van der Waals surface area contributed by atoms with Gasteiger partial charge in [0.05, 0.1) is 12.6 Å². The van der Waals surface area contributed by atoms with Crippen LogP contribution in [0.5, 0.6) is 0 Å². The first-order valence-corrected chi connectivity index (χ1v) is 16.0. The molecule has 46 heavy (non-hydrogen) atoms. The van der Waals surface area contributed by atoms with Crippen LogP contribution in [-0.4, -0.2) is 46.5 Å². The number of hydrogen-bond acceptors (Lipinski definition) is 5. The summed E-state index contributed by atoms with van der Waals surface area (Å²) in [5, 5.41) is 3.96. The number of carbonyl (C=O) groups is 4. The van der Waals surface area contributed by atoms with E-state index in [-0.39, 0.29) is 42.5 Å². The van der Waals surface area contributed by atoms with Gasteiger partial charge in [-0.15, -0.1) is 0 Å². The molecule has 1 saturated heterocycles. The molecule has 0 radical (unpaired) electrons. The van der Waals surface area contributed by atoms with Crippen molar-refractivity contribution in [2.45, 2.75) is 64.5 Å². The maximum atomic E-state index is 14.1. The van der Waals surface area contributed by atoms with Crippen LogP contribution >= 0.6 is 0 Å². The molecule has 4 unspecified atom stereocenters. The molecular formula is C39H40N2O5. The highest BCUT2D eigenvalue weighted by atomic mass is 16.6. The quantitative estimate of drug-likeness (QED) is 0.169. The second kappa shape index (κ2) is 13.0. The lowest BCUT2D eigenvalue weighted by Gasteiger charge is -2.23. The predicted octanol–water partition coefficient (Wildman–Crippen LogP) is 6.00. The molecule has 4 aromatic rings. The fourth-order valence-corrected chi connectivity index (χ4v) is 6.63. The third-order valence-electron chi connectivity index (χ3n) is 9.56. The van der Waals surface area contributed by atoms with E-state index in [2.05, 4.69) is 10.3 Å². The van der Waals surface area contributed by atoms with E-state index >= 15 is 0 Å². The zero-order valence-corrected chi connectivity index (χ0v) is 26.6. The molecule has 7 heteroatoms. The van der Waals surface area contributed by atoms with E-state index in [0.29, 0.717) is 19.4 Å². The lowest BCUT2D eigenvalue weighted by molar-refractivity contribution is -0.134. The Hall–Kier alpha value is -4.62. The van der Waals surface area contributed by atoms with Crippen LogP contribution in [0.25, 0.3) is 16.5 Å². The van der Waals surface area contributed by atoms with Crippen molar-refractivity contribution in [2.75, 3.05) is 6.61 Å². The molecule has 2 heterocycles. The Morgan fingerprint density at radius 2 is 1.61 bits per heavy atom. The van der Waals surface area contributed by atoms with Gasteiger partial charge < -0.3 is 15.0 Å². The molecule has 3 aromatic carbocycles. The largest absolute Gasteiger partial charge is 0.362 e. The molecule has 0 spiro atoms. The standard InChI is InChI=1S/C39H40N2O5/c1-24(17-35(42)32-19-27-13-7-8-14-30(27)25(32)2)38(45)41-34(20-29-22-40-33-16-10-9-15-31(29)33)36(43)21-28(37(44)39(3)23-46-39)18-26-11-5-4-6-12-26/h4-16,22,24,28,34,40H,17-21,23H2,1-3H3,(H,41,45). The highest BCUT2D eigenvalue weighted by Crippen LogP contribution is 2.35. The highest BCUT2D eigenvalue weighted by molar-refractivity contribution is 6.06. The average Bonchev–Trinajstić information content (AvgIpc) is 3.55. The number of epoxide rings is 1. The minimum Gasteiger partial charge on any atom is -0.362 e. The van der Waals surface area contributed by atoms with Crippen LogP contribution in [0.2, 0.25) is 0 Å². The number of carbonyl (C=O) groups excluding carboxylic acids is 4. The fourth-order valence-electron chi connectivity index (χ4n) is 6.63. The van der Waals surface area contributed by atoms with E-state index in [0.717, 1.165) is 44.3 Å². The fraction of sp³-hybridized carbons (Fsp3) is 0.333. The lowest BCUT2D eigenvalue weighted by Crippen LogP contribution is -2.46. The minimum atomic E-state index is -0.878. The molecule has 236 valence electrons. The number of amides is 1. The summed E-state index contributed by atoms with van der Waals surface area (Å²) in [7, 11) is 0. The SMILES string of the molecule is CC1=C(C(=O)CC(C)C(=O)NC(Cc2c[nH]c3ccccc23)C(=O)CC(Cc2ccccc2)C(=O)C2(C)CO2)Cc2ccccc21. The van der Waals surface area contributed by atoms with Gasteiger partial charge in [0.15, 0.2) is 17.3 Å².